The Morgan fingerprint density at radius 2 is 2.16 bits per heavy atom. The van der Waals surface area contributed by atoms with Gasteiger partial charge in [0.25, 0.3) is 0 Å². The fourth-order valence-corrected chi connectivity index (χ4v) is 2.38. The Kier molecular flexibility index (Phi) is 3.57. The molecule has 1 atom stereocenters. The molecule has 0 bridgehead atoms. The van der Waals surface area contributed by atoms with Crippen LogP contribution in [0.5, 0.6) is 0 Å². The molecule has 1 aromatic rings. The molecule has 0 saturated carbocycles. The van der Waals surface area contributed by atoms with Crippen LogP contribution < -0.4 is 0 Å². The fourth-order valence-electron chi connectivity index (χ4n) is 1.93. The molecular weight excluding hydrogens is 317 g/mol. The smallest absolute Gasteiger partial charge is 0.412 e. The third kappa shape index (κ3) is 2.90. The van der Waals surface area contributed by atoms with Crippen molar-refractivity contribution in [1.82, 2.24) is 4.90 Å². The van der Waals surface area contributed by atoms with Crippen molar-refractivity contribution >= 4 is 22.0 Å². The van der Waals surface area contributed by atoms with Crippen LogP contribution in [0.2, 0.25) is 0 Å². The first-order valence-corrected chi connectivity index (χ1v) is 6.64. The van der Waals surface area contributed by atoms with E-state index in [-0.39, 0.29) is 6.54 Å². The summed E-state index contributed by atoms with van der Waals surface area (Å²) in [5, 5.41) is 10.1. The van der Waals surface area contributed by atoms with E-state index in [1.54, 1.807) is 26.8 Å². The monoisotopic (exact) mass is 331 g/mol. The molecule has 2 rings (SSSR count). The third-order valence-electron chi connectivity index (χ3n) is 2.72. The largest absolute Gasteiger partial charge is 0.444 e. The Bertz CT molecular complexity index is 527. The van der Waals surface area contributed by atoms with Crippen LogP contribution in [-0.2, 0) is 11.3 Å². The molecule has 1 amide bonds. The normalized spacial score (nSPS) is 18.4. The van der Waals surface area contributed by atoms with Gasteiger partial charge in [0.05, 0.1) is 6.54 Å². The highest BCUT2D eigenvalue weighted by Crippen LogP contribution is 2.36. The van der Waals surface area contributed by atoms with Gasteiger partial charge in [-0.25, -0.2) is 9.18 Å². The van der Waals surface area contributed by atoms with Crippen molar-refractivity contribution in [3.05, 3.63) is 33.5 Å². The number of aliphatic hydroxyl groups is 1. The van der Waals surface area contributed by atoms with Gasteiger partial charge in [0, 0.05) is 15.6 Å². The Hall–Kier alpha value is -1.14. The minimum Gasteiger partial charge on any atom is -0.444 e. The number of fused-ring (bicyclic) bond motifs is 1. The van der Waals surface area contributed by atoms with Gasteiger partial charge < -0.3 is 9.84 Å². The first-order valence-electron chi connectivity index (χ1n) is 5.84. The van der Waals surface area contributed by atoms with Crippen LogP contribution in [0, 0.1) is 5.82 Å². The quantitative estimate of drug-likeness (QED) is 0.793. The second-order valence-corrected chi connectivity index (χ2v) is 6.35. The number of ether oxygens (including phenoxy) is 1. The summed E-state index contributed by atoms with van der Waals surface area (Å²) >= 11 is 3.16. The molecule has 0 radical (unpaired) electrons. The number of nitrogens with zero attached hydrogens (tertiary/aromatic N) is 1. The minimum atomic E-state index is -1.18. The Labute approximate surface area is 119 Å². The molecule has 6 heteroatoms. The van der Waals surface area contributed by atoms with E-state index in [1.165, 1.54) is 6.07 Å². The average Bonchev–Trinajstić information content (AvgIpc) is 2.54. The van der Waals surface area contributed by atoms with E-state index in [0.717, 1.165) is 4.90 Å². The highest BCUT2D eigenvalue weighted by atomic mass is 79.9. The first-order chi connectivity index (χ1) is 8.69. The lowest BCUT2D eigenvalue weighted by Gasteiger charge is -2.26. The maximum atomic E-state index is 13.8. The standard InChI is InChI=1S/C13H15BrFNO3/c1-13(2,3)19-12(18)16-6-9-8(11(16)17)4-7(14)5-10(9)15/h4-5,11,17H,6H2,1-3H3. The van der Waals surface area contributed by atoms with Gasteiger partial charge in [-0.15, -0.1) is 0 Å². The molecule has 0 fully saturated rings. The summed E-state index contributed by atoms with van der Waals surface area (Å²) in [6, 6.07) is 2.91. The summed E-state index contributed by atoms with van der Waals surface area (Å²) < 4.78 is 19.5. The molecule has 1 aromatic carbocycles. The summed E-state index contributed by atoms with van der Waals surface area (Å²) in [5.41, 5.74) is 0.0457. The van der Waals surface area contributed by atoms with Gasteiger partial charge in [0.1, 0.15) is 11.4 Å². The zero-order valence-corrected chi connectivity index (χ0v) is 12.5. The summed E-state index contributed by atoms with van der Waals surface area (Å²) in [7, 11) is 0. The van der Waals surface area contributed by atoms with Gasteiger partial charge in [-0.3, -0.25) is 4.90 Å². The maximum Gasteiger partial charge on any atom is 0.412 e. The van der Waals surface area contributed by atoms with Gasteiger partial charge in [0.15, 0.2) is 6.23 Å². The Morgan fingerprint density at radius 3 is 2.74 bits per heavy atom. The predicted octanol–water partition coefficient (Wildman–Crippen LogP) is 3.33. The predicted molar refractivity (Wildman–Crippen MR) is 70.8 cm³/mol. The van der Waals surface area contributed by atoms with Crippen LogP contribution in [0.15, 0.2) is 16.6 Å². The number of halogens is 2. The number of benzene rings is 1. The molecule has 4 nitrogen and oxygen atoms in total. The zero-order chi connectivity index (χ0) is 14.4. The number of hydrogen-bond acceptors (Lipinski definition) is 3. The molecule has 0 aliphatic carbocycles. The lowest BCUT2D eigenvalue weighted by atomic mass is 10.1. The highest BCUT2D eigenvalue weighted by molar-refractivity contribution is 9.10. The van der Waals surface area contributed by atoms with Crippen molar-refractivity contribution in [3.63, 3.8) is 0 Å². The number of hydrogen-bond donors (Lipinski definition) is 1. The average molecular weight is 332 g/mol. The highest BCUT2D eigenvalue weighted by Gasteiger charge is 2.36. The van der Waals surface area contributed by atoms with E-state index in [4.69, 9.17) is 4.74 Å². The van der Waals surface area contributed by atoms with Gasteiger partial charge in [-0.1, -0.05) is 15.9 Å². The molecule has 1 heterocycles. The lowest BCUT2D eigenvalue weighted by Crippen LogP contribution is -2.35. The zero-order valence-electron chi connectivity index (χ0n) is 10.9. The maximum absolute atomic E-state index is 13.8. The van der Waals surface area contributed by atoms with Crippen LogP contribution >= 0.6 is 15.9 Å². The molecular formula is C13H15BrFNO3. The van der Waals surface area contributed by atoms with Crippen molar-refractivity contribution in [1.29, 1.82) is 0 Å². The van der Waals surface area contributed by atoms with Gasteiger partial charge >= 0.3 is 6.09 Å². The van der Waals surface area contributed by atoms with Crippen LogP contribution in [0.4, 0.5) is 9.18 Å². The molecule has 1 aliphatic rings. The fraction of sp³-hybridized carbons (Fsp3) is 0.462. The molecule has 19 heavy (non-hydrogen) atoms. The van der Waals surface area contributed by atoms with Gasteiger partial charge in [0.2, 0.25) is 0 Å². The molecule has 0 spiro atoms. The summed E-state index contributed by atoms with van der Waals surface area (Å²) in [4.78, 5) is 13.0. The molecule has 104 valence electrons. The summed E-state index contributed by atoms with van der Waals surface area (Å²) in [6.07, 6.45) is -1.84. The van der Waals surface area contributed by atoms with Gasteiger partial charge in [-0.05, 0) is 32.9 Å². The van der Waals surface area contributed by atoms with Crippen molar-refractivity contribution in [3.8, 4) is 0 Å². The van der Waals surface area contributed by atoms with E-state index in [1.807, 2.05) is 0 Å². The molecule has 0 aromatic heterocycles. The molecule has 1 unspecified atom stereocenters. The Balaban J connectivity index is 2.26. The van der Waals surface area contributed by atoms with Crippen molar-refractivity contribution in [2.45, 2.75) is 39.1 Å². The van der Waals surface area contributed by atoms with Gasteiger partial charge in [-0.2, -0.15) is 0 Å². The number of aliphatic hydroxyl groups excluding tert-OH is 1. The third-order valence-corrected chi connectivity index (χ3v) is 3.18. The first kappa shape index (κ1) is 14.3. The molecule has 0 saturated heterocycles. The van der Waals surface area contributed by atoms with E-state index in [0.29, 0.717) is 15.6 Å². The second-order valence-electron chi connectivity index (χ2n) is 5.44. The van der Waals surface area contributed by atoms with Crippen LogP contribution in [0.3, 0.4) is 0 Å². The van der Waals surface area contributed by atoms with E-state index in [9.17, 15) is 14.3 Å². The molecule has 1 N–H and O–H groups in total. The number of carbonyl (C=O) groups is 1. The lowest BCUT2D eigenvalue weighted by molar-refractivity contribution is -0.0258. The van der Waals surface area contributed by atoms with Crippen LogP contribution in [-0.4, -0.2) is 21.7 Å². The second kappa shape index (κ2) is 4.76. The number of rotatable bonds is 0. The SMILES string of the molecule is CC(C)(C)OC(=O)N1Cc2c(F)cc(Br)cc2C1O. The Morgan fingerprint density at radius 1 is 1.53 bits per heavy atom. The van der Waals surface area contributed by atoms with Crippen molar-refractivity contribution < 1.29 is 19.0 Å². The molecule has 1 aliphatic heterocycles. The van der Waals surface area contributed by atoms with E-state index >= 15 is 0 Å². The van der Waals surface area contributed by atoms with E-state index in [2.05, 4.69) is 15.9 Å². The summed E-state index contributed by atoms with van der Waals surface area (Å²) in [5.74, 6) is -0.450. The van der Waals surface area contributed by atoms with Crippen molar-refractivity contribution in [2.75, 3.05) is 0 Å². The van der Waals surface area contributed by atoms with Crippen LogP contribution in [0.1, 0.15) is 38.1 Å². The van der Waals surface area contributed by atoms with E-state index < -0.39 is 23.7 Å². The summed E-state index contributed by atoms with van der Waals surface area (Å²) in [6.45, 7) is 5.21. The van der Waals surface area contributed by atoms with Crippen LogP contribution in [0.25, 0.3) is 0 Å². The number of amides is 1. The topological polar surface area (TPSA) is 49.8 Å². The van der Waals surface area contributed by atoms with Crippen molar-refractivity contribution in [2.24, 2.45) is 0 Å². The number of carbonyl (C=O) groups excluding carboxylic acids is 1. The minimum absolute atomic E-state index is 0.00449.